The molecule has 0 bridgehead atoms. The predicted octanol–water partition coefficient (Wildman–Crippen LogP) is 4.86. The van der Waals surface area contributed by atoms with Gasteiger partial charge in [-0.15, -0.1) is 0 Å². The van der Waals surface area contributed by atoms with Gasteiger partial charge in [-0.2, -0.15) is 18.2 Å². The number of benzene rings is 2. The Morgan fingerprint density at radius 3 is 2.45 bits per heavy atom. The number of para-hydroxylation sites is 1. The van der Waals surface area contributed by atoms with Gasteiger partial charge in [0, 0.05) is 24.3 Å². The van der Waals surface area contributed by atoms with Crippen LogP contribution in [0.5, 0.6) is 0 Å². The van der Waals surface area contributed by atoms with Crippen molar-refractivity contribution in [1.82, 2.24) is 9.55 Å². The Morgan fingerprint density at radius 1 is 1.14 bits per heavy atom. The van der Waals surface area contributed by atoms with E-state index in [4.69, 9.17) is 0 Å². The summed E-state index contributed by atoms with van der Waals surface area (Å²) in [5.41, 5.74) is -1.25. The summed E-state index contributed by atoms with van der Waals surface area (Å²) in [6.45, 7) is 0.137. The minimum Gasteiger partial charge on any atom is -0.369 e. The molecule has 152 valence electrons. The molecule has 1 saturated carbocycles. The van der Waals surface area contributed by atoms with Crippen LogP contribution >= 0.6 is 0 Å². The average Bonchev–Trinajstić information content (AvgIpc) is 3.27. The van der Waals surface area contributed by atoms with Crippen LogP contribution in [0.2, 0.25) is 0 Å². The molecule has 2 aromatic carbocycles. The first-order valence-electron chi connectivity index (χ1n) is 8.98. The number of hydrogen-bond acceptors (Lipinski definition) is 3. The second kappa shape index (κ2) is 6.82. The number of anilines is 1. The number of halogens is 5. The molecule has 0 radical (unpaired) electrons. The van der Waals surface area contributed by atoms with E-state index in [1.54, 1.807) is 30.3 Å². The van der Waals surface area contributed by atoms with Crippen molar-refractivity contribution in [2.75, 3.05) is 11.9 Å². The van der Waals surface area contributed by atoms with E-state index in [0.717, 1.165) is 16.7 Å². The van der Waals surface area contributed by atoms with Gasteiger partial charge in [0.25, 0.3) is 5.92 Å². The van der Waals surface area contributed by atoms with E-state index in [-0.39, 0.29) is 30.7 Å². The van der Waals surface area contributed by atoms with E-state index in [1.807, 2.05) is 0 Å². The molecule has 0 amide bonds. The quantitative estimate of drug-likeness (QED) is 0.612. The van der Waals surface area contributed by atoms with Crippen molar-refractivity contribution in [1.29, 1.82) is 0 Å². The number of alkyl halides is 5. The molecule has 4 rings (SSSR count). The smallest absolute Gasteiger partial charge is 0.369 e. The average molecular weight is 409 g/mol. The molecule has 29 heavy (non-hydrogen) atoms. The summed E-state index contributed by atoms with van der Waals surface area (Å²) in [6, 6.07) is 11.2. The standard InChI is InChI=1S/C20H16F5N3O/c21-19(22)11-13(19)8-9-26-17-15-7-6-12(20(23,24)25)10-16(15)28(18(29)27-17)14-4-2-1-3-5-14/h1-7,10,13H,8-9,11H2,(H,26,27,29). The van der Waals surface area contributed by atoms with Crippen molar-refractivity contribution in [3.05, 3.63) is 64.6 Å². The van der Waals surface area contributed by atoms with Crippen LogP contribution in [0.25, 0.3) is 16.6 Å². The molecule has 4 nitrogen and oxygen atoms in total. The molecule has 1 N–H and O–H groups in total. The maximum absolute atomic E-state index is 13.2. The zero-order chi connectivity index (χ0) is 20.8. The van der Waals surface area contributed by atoms with E-state index < -0.39 is 29.3 Å². The molecule has 1 fully saturated rings. The van der Waals surface area contributed by atoms with Crippen LogP contribution in [-0.2, 0) is 6.18 Å². The van der Waals surface area contributed by atoms with E-state index >= 15 is 0 Å². The highest BCUT2D eigenvalue weighted by atomic mass is 19.4. The predicted molar refractivity (Wildman–Crippen MR) is 98.5 cm³/mol. The number of hydrogen-bond donors (Lipinski definition) is 1. The summed E-state index contributed by atoms with van der Waals surface area (Å²) < 4.78 is 66.9. The maximum atomic E-state index is 13.2. The highest BCUT2D eigenvalue weighted by Crippen LogP contribution is 2.50. The minimum absolute atomic E-state index is 0.0327. The summed E-state index contributed by atoms with van der Waals surface area (Å²) in [5.74, 6) is -3.30. The van der Waals surface area contributed by atoms with Gasteiger partial charge in [0.05, 0.1) is 16.8 Å². The molecule has 1 unspecified atom stereocenters. The molecule has 0 saturated heterocycles. The van der Waals surface area contributed by atoms with Gasteiger partial charge < -0.3 is 5.32 Å². The van der Waals surface area contributed by atoms with Crippen LogP contribution in [0.4, 0.5) is 27.8 Å². The molecule has 1 atom stereocenters. The maximum Gasteiger partial charge on any atom is 0.416 e. The second-order valence-corrected chi connectivity index (χ2v) is 7.02. The lowest BCUT2D eigenvalue weighted by Gasteiger charge is -2.16. The van der Waals surface area contributed by atoms with Crippen molar-refractivity contribution in [2.45, 2.75) is 24.9 Å². The van der Waals surface area contributed by atoms with Crippen molar-refractivity contribution in [2.24, 2.45) is 5.92 Å². The third-order valence-electron chi connectivity index (χ3n) is 4.98. The highest BCUT2D eigenvalue weighted by Gasteiger charge is 2.55. The molecule has 9 heteroatoms. The first kappa shape index (κ1) is 19.4. The Morgan fingerprint density at radius 2 is 1.83 bits per heavy atom. The van der Waals surface area contributed by atoms with Crippen LogP contribution in [0.15, 0.2) is 53.3 Å². The molecule has 0 spiro atoms. The van der Waals surface area contributed by atoms with Crippen LogP contribution in [0, 0.1) is 5.92 Å². The molecular weight excluding hydrogens is 393 g/mol. The zero-order valence-electron chi connectivity index (χ0n) is 15.0. The fourth-order valence-corrected chi connectivity index (χ4v) is 3.31. The van der Waals surface area contributed by atoms with Crippen molar-refractivity contribution in [3.8, 4) is 5.69 Å². The summed E-state index contributed by atoms with van der Waals surface area (Å²) in [7, 11) is 0. The van der Waals surface area contributed by atoms with Crippen LogP contribution in [0.1, 0.15) is 18.4 Å². The summed E-state index contributed by atoms with van der Waals surface area (Å²) in [6.07, 6.45) is -4.58. The summed E-state index contributed by atoms with van der Waals surface area (Å²) >= 11 is 0. The third-order valence-corrected chi connectivity index (χ3v) is 4.98. The monoisotopic (exact) mass is 409 g/mol. The first-order valence-corrected chi connectivity index (χ1v) is 8.98. The first-order chi connectivity index (χ1) is 13.7. The number of aromatic nitrogens is 2. The molecule has 0 aliphatic heterocycles. The lowest BCUT2D eigenvalue weighted by atomic mass is 10.1. The zero-order valence-corrected chi connectivity index (χ0v) is 15.0. The number of rotatable bonds is 5. The Kier molecular flexibility index (Phi) is 4.55. The normalized spacial score (nSPS) is 18.0. The van der Waals surface area contributed by atoms with Crippen LogP contribution in [0.3, 0.4) is 0 Å². The topological polar surface area (TPSA) is 46.9 Å². The Labute approximate surface area is 162 Å². The van der Waals surface area contributed by atoms with Gasteiger partial charge in [0.1, 0.15) is 5.82 Å². The molecular formula is C20H16F5N3O. The third kappa shape index (κ3) is 3.81. The summed E-state index contributed by atoms with van der Waals surface area (Å²) in [5, 5.41) is 3.13. The largest absolute Gasteiger partial charge is 0.416 e. The number of fused-ring (bicyclic) bond motifs is 1. The minimum atomic E-state index is -4.58. The Bertz CT molecular complexity index is 1110. The van der Waals surface area contributed by atoms with Crippen LogP contribution in [-0.4, -0.2) is 22.0 Å². The number of nitrogens with zero attached hydrogens (tertiary/aromatic N) is 2. The fourth-order valence-electron chi connectivity index (χ4n) is 3.31. The molecule has 1 aliphatic rings. The van der Waals surface area contributed by atoms with Crippen molar-refractivity contribution < 1.29 is 22.0 Å². The lowest BCUT2D eigenvalue weighted by molar-refractivity contribution is -0.137. The van der Waals surface area contributed by atoms with Crippen molar-refractivity contribution in [3.63, 3.8) is 0 Å². The lowest BCUT2D eigenvalue weighted by Crippen LogP contribution is -2.24. The molecule has 1 aliphatic carbocycles. The molecule has 1 aromatic heterocycles. The molecule has 3 aromatic rings. The number of nitrogens with one attached hydrogen (secondary N) is 1. The van der Waals surface area contributed by atoms with Gasteiger partial charge in [-0.3, -0.25) is 4.57 Å². The van der Waals surface area contributed by atoms with Gasteiger partial charge in [0.2, 0.25) is 0 Å². The van der Waals surface area contributed by atoms with Gasteiger partial charge in [-0.05, 0) is 36.8 Å². The molecule has 1 heterocycles. The van der Waals surface area contributed by atoms with Crippen LogP contribution < -0.4 is 11.0 Å². The van der Waals surface area contributed by atoms with Gasteiger partial charge in [-0.25, -0.2) is 13.6 Å². The van der Waals surface area contributed by atoms with E-state index in [0.29, 0.717) is 11.1 Å². The van der Waals surface area contributed by atoms with E-state index in [1.165, 1.54) is 6.07 Å². The Hall–Kier alpha value is -2.97. The van der Waals surface area contributed by atoms with Gasteiger partial charge in [0.15, 0.2) is 0 Å². The highest BCUT2D eigenvalue weighted by molar-refractivity contribution is 5.90. The van der Waals surface area contributed by atoms with E-state index in [9.17, 15) is 26.7 Å². The Balaban J connectivity index is 1.78. The fraction of sp³-hybridized carbons (Fsp3) is 0.300. The second-order valence-electron chi connectivity index (χ2n) is 7.02. The van der Waals surface area contributed by atoms with E-state index in [2.05, 4.69) is 10.3 Å². The van der Waals surface area contributed by atoms with Crippen molar-refractivity contribution >= 4 is 16.7 Å². The summed E-state index contributed by atoms with van der Waals surface area (Å²) in [4.78, 5) is 16.6. The SMILES string of the molecule is O=c1nc(NCCC2CC2(F)F)c2ccc(C(F)(F)F)cc2n1-c1ccccc1. The van der Waals surface area contributed by atoms with Gasteiger partial charge >= 0.3 is 11.9 Å². The van der Waals surface area contributed by atoms with Gasteiger partial charge in [-0.1, -0.05) is 18.2 Å².